The number of nitrogens with one attached hydrogen (secondary N) is 1. The highest BCUT2D eigenvalue weighted by Gasteiger charge is 2.21. The maximum atomic E-state index is 12.0. The van der Waals surface area contributed by atoms with Crippen LogP contribution in [0.3, 0.4) is 0 Å². The van der Waals surface area contributed by atoms with Crippen molar-refractivity contribution >= 4 is 22.4 Å². The number of carbonyl (C=O) groups is 1. The quantitative estimate of drug-likeness (QED) is 0.915. The van der Waals surface area contributed by atoms with Crippen LogP contribution in [0.4, 0.5) is 5.13 Å². The number of nitrogens with zero attached hydrogens (tertiary/aromatic N) is 4. The molecule has 1 fully saturated rings. The van der Waals surface area contributed by atoms with Gasteiger partial charge in [-0.15, -0.1) is 11.3 Å². The molecule has 0 radical (unpaired) electrons. The van der Waals surface area contributed by atoms with Gasteiger partial charge in [0, 0.05) is 30.5 Å². The highest BCUT2D eigenvalue weighted by molar-refractivity contribution is 7.13. The van der Waals surface area contributed by atoms with E-state index >= 15 is 0 Å². The largest absolute Gasteiger partial charge is 0.335 e. The summed E-state index contributed by atoms with van der Waals surface area (Å²) in [5.41, 5.74) is 0. The molecule has 22 heavy (non-hydrogen) atoms. The van der Waals surface area contributed by atoms with Crippen LogP contribution in [0.2, 0.25) is 0 Å². The van der Waals surface area contributed by atoms with E-state index in [0.29, 0.717) is 17.6 Å². The van der Waals surface area contributed by atoms with Gasteiger partial charge in [0.15, 0.2) is 5.13 Å². The number of anilines is 1. The van der Waals surface area contributed by atoms with Crippen molar-refractivity contribution < 1.29 is 4.79 Å². The van der Waals surface area contributed by atoms with E-state index in [2.05, 4.69) is 24.8 Å². The van der Waals surface area contributed by atoms with Crippen LogP contribution >= 0.6 is 11.3 Å². The second-order valence-electron chi connectivity index (χ2n) is 5.73. The maximum absolute atomic E-state index is 12.0. The summed E-state index contributed by atoms with van der Waals surface area (Å²) >= 11 is 1.45. The summed E-state index contributed by atoms with van der Waals surface area (Å²) in [5, 5.41) is 5.38. The van der Waals surface area contributed by atoms with Crippen LogP contribution < -0.4 is 5.32 Å². The van der Waals surface area contributed by atoms with Crippen molar-refractivity contribution in [3.05, 3.63) is 29.8 Å². The molecule has 0 aliphatic carbocycles. The number of thiazole rings is 1. The third kappa shape index (κ3) is 3.92. The lowest BCUT2D eigenvalue weighted by atomic mass is 9.96. The van der Waals surface area contributed by atoms with Crippen molar-refractivity contribution in [2.24, 2.45) is 5.92 Å². The third-order valence-corrected chi connectivity index (χ3v) is 4.82. The molecule has 1 amide bonds. The van der Waals surface area contributed by atoms with Gasteiger partial charge in [0.2, 0.25) is 5.91 Å². The number of rotatable bonds is 5. The Labute approximate surface area is 134 Å². The SMILES string of the molecule is Cc1nccn1CC1CCN(CC(=O)Nc2nccs2)CC1. The van der Waals surface area contributed by atoms with Crippen LogP contribution in [0, 0.1) is 12.8 Å². The van der Waals surface area contributed by atoms with Crippen molar-refractivity contribution in [2.75, 3.05) is 25.0 Å². The van der Waals surface area contributed by atoms with E-state index in [-0.39, 0.29) is 5.91 Å². The molecule has 2 aromatic heterocycles. The molecular weight excluding hydrogens is 298 g/mol. The lowest BCUT2D eigenvalue weighted by Crippen LogP contribution is -2.40. The van der Waals surface area contributed by atoms with Gasteiger partial charge in [0.1, 0.15) is 5.82 Å². The molecule has 0 unspecified atom stereocenters. The Balaban J connectivity index is 1.42. The second-order valence-corrected chi connectivity index (χ2v) is 6.63. The predicted molar refractivity (Wildman–Crippen MR) is 86.9 cm³/mol. The van der Waals surface area contributed by atoms with Gasteiger partial charge in [-0.1, -0.05) is 0 Å². The molecule has 3 heterocycles. The second kappa shape index (κ2) is 7.02. The van der Waals surface area contributed by atoms with Crippen LogP contribution in [0.25, 0.3) is 0 Å². The average molecular weight is 319 g/mol. The van der Waals surface area contributed by atoms with Crippen molar-refractivity contribution in [2.45, 2.75) is 26.3 Å². The topological polar surface area (TPSA) is 63.1 Å². The number of hydrogen-bond donors (Lipinski definition) is 1. The van der Waals surface area contributed by atoms with Gasteiger partial charge in [0.25, 0.3) is 0 Å². The zero-order valence-corrected chi connectivity index (χ0v) is 13.6. The Hall–Kier alpha value is -1.73. The standard InChI is InChI=1S/C15H21N5OS/c1-12-16-4-8-20(12)10-13-2-6-19(7-3-13)11-14(21)18-15-17-5-9-22-15/h4-5,8-9,13H,2-3,6-7,10-11H2,1H3,(H,17,18,21). The number of carbonyl (C=O) groups excluding carboxylic acids is 1. The number of amides is 1. The minimum absolute atomic E-state index is 0.0267. The maximum Gasteiger partial charge on any atom is 0.240 e. The van der Waals surface area contributed by atoms with Crippen LogP contribution in [0.15, 0.2) is 24.0 Å². The summed E-state index contributed by atoms with van der Waals surface area (Å²) in [6.45, 7) is 5.48. The highest BCUT2D eigenvalue weighted by atomic mass is 32.1. The fourth-order valence-electron chi connectivity index (χ4n) is 2.85. The van der Waals surface area contributed by atoms with Crippen molar-refractivity contribution in [1.29, 1.82) is 0 Å². The fourth-order valence-corrected chi connectivity index (χ4v) is 3.39. The lowest BCUT2D eigenvalue weighted by molar-refractivity contribution is -0.117. The zero-order chi connectivity index (χ0) is 15.4. The number of aromatic nitrogens is 3. The summed E-state index contributed by atoms with van der Waals surface area (Å²) in [6.07, 6.45) is 7.85. The molecule has 1 aliphatic rings. The normalized spacial score (nSPS) is 16.8. The molecule has 1 aliphatic heterocycles. The van der Waals surface area contributed by atoms with Gasteiger partial charge >= 0.3 is 0 Å². The molecule has 0 spiro atoms. The van der Waals surface area contributed by atoms with Gasteiger partial charge in [-0.3, -0.25) is 9.69 Å². The number of hydrogen-bond acceptors (Lipinski definition) is 5. The zero-order valence-electron chi connectivity index (χ0n) is 12.7. The van der Waals surface area contributed by atoms with Crippen LogP contribution in [0.1, 0.15) is 18.7 Å². The summed E-state index contributed by atoms with van der Waals surface area (Å²) in [7, 11) is 0. The van der Waals surface area contributed by atoms with Crippen molar-refractivity contribution in [3.8, 4) is 0 Å². The molecule has 1 N–H and O–H groups in total. The molecule has 3 rings (SSSR count). The van der Waals surface area contributed by atoms with E-state index in [1.54, 1.807) is 6.20 Å². The molecule has 1 saturated heterocycles. The van der Waals surface area contributed by atoms with E-state index in [1.165, 1.54) is 11.3 Å². The monoisotopic (exact) mass is 319 g/mol. The fraction of sp³-hybridized carbons (Fsp3) is 0.533. The number of piperidine rings is 1. The molecule has 0 saturated carbocycles. The highest BCUT2D eigenvalue weighted by Crippen LogP contribution is 2.19. The Morgan fingerprint density at radius 1 is 1.36 bits per heavy atom. The molecule has 118 valence electrons. The Morgan fingerprint density at radius 3 is 2.82 bits per heavy atom. The summed E-state index contributed by atoms with van der Waals surface area (Å²) < 4.78 is 2.22. The molecule has 2 aromatic rings. The summed E-state index contributed by atoms with van der Waals surface area (Å²) in [5.74, 6) is 1.77. The third-order valence-electron chi connectivity index (χ3n) is 4.13. The molecule has 0 atom stereocenters. The van der Waals surface area contributed by atoms with E-state index in [1.807, 2.05) is 24.7 Å². The Bertz CT molecular complexity index is 601. The molecule has 7 heteroatoms. The van der Waals surface area contributed by atoms with Crippen LogP contribution in [-0.2, 0) is 11.3 Å². The van der Waals surface area contributed by atoms with Gasteiger partial charge in [0.05, 0.1) is 6.54 Å². The first-order chi connectivity index (χ1) is 10.7. The van der Waals surface area contributed by atoms with Gasteiger partial charge in [-0.25, -0.2) is 9.97 Å². The minimum atomic E-state index is 0.0267. The number of imidazole rings is 1. The first-order valence-corrected chi connectivity index (χ1v) is 8.48. The van der Waals surface area contributed by atoms with E-state index in [9.17, 15) is 4.79 Å². The van der Waals surface area contributed by atoms with Crippen LogP contribution in [-0.4, -0.2) is 45.0 Å². The molecular formula is C15H21N5OS. The van der Waals surface area contributed by atoms with Crippen molar-refractivity contribution in [1.82, 2.24) is 19.4 Å². The van der Waals surface area contributed by atoms with Gasteiger partial charge in [-0.2, -0.15) is 0 Å². The molecule has 0 aromatic carbocycles. The van der Waals surface area contributed by atoms with E-state index < -0.39 is 0 Å². The number of likely N-dealkylation sites (tertiary alicyclic amines) is 1. The van der Waals surface area contributed by atoms with Crippen molar-refractivity contribution in [3.63, 3.8) is 0 Å². The summed E-state index contributed by atoms with van der Waals surface area (Å²) in [6, 6.07) is 0. The predicted octanol–water partition coefficient (Wildman–Crippen LogP) is 2.00. The van der Waals surface area contributed by atoms with Crippen LogP contribution in [0.5, 0.6) is 0 Å². The average Bonchev–Trinajstić information content (AvgIpc) is 3.14. The van der Waals surface area contributed by atoms with E-state index in [4.69, 9.17) is 0 Å². The van der Waals surface area contributed by atoms with E-state index in [0.717, 1.165) is 38.3 Å². The Morgan fingerprint density at radius 2 is 2.18 bits per heavy atom. The Kier molecular flexibility index (Phi) is 4.84. The molecule has 6 nitrogen and oxygen atoms in total. The molecule has 0 bridgehead atoms. The number of aryl methyl sites for hydroxylation is 1. The van der Waals surface area contributed by atoms with Gasteiger partial charge in [-0.05, 0) is 38.8 Å². The first-order valence-electron chi connectivity index (χ1n) is 7.60. The summed E-state index contributed by atoms with van der Waals surface area (Å²) in [4.78, 5) is 22.5. The smallest absolute Gasteiger partial charge is 0.240 e. The van der Waals surface area contributed by atoms with Gasteiger partial charge < -0.3 is 9.88 Å². The lowest BCUT2D eigenvalue weighted by Gasteiger charge is -2.31. The minimum Gasteiger partial charge on any atom is -0.335 e. The first kappa shape index (κ1) is 15.2.